The summed E-state index contributed by atoms with van der Waals surface area (Å²) in [5, 5.41) is 0. The Balaban J connectivity index is 2.18. The van der Waals surface area contributed by atoms with Crippen LogP contribution in [-0.2, 0) is 13.1 Å². The maximum absolute atomic E-state index is 6.12. The van der Waals surface area contributed by atoms with Crippen LogP contribution in [0.1, 0.15) is 16.7 Å². The summed E-state index contributed by atoms with van der Waals surface area (Å²) in [5.41, 5.74) is 16.9. The topological polar surface area (TPSA) is 55.3 Å². The number of anilines is 2. The summed E-state index contributed by atoms with van der Waals surface area (Å²) in [5.74, 6) is 0. The van der Waals surface area contributed by atoms with Crippen molar-refractivity contribution in [3.63, 3.8) is 0 Å². The first-order chi connectivity index (χ1) is 9.49. The van der Waals surface area contributed by atoms with Crippen LogP contribution in [0.15, 0.2) is 40.9 Å². The van der Waals surface area contributed by atoms with E-state index >= 15 is 0 Å². The first-order valence-electron chi connectivity index (χ1n) is 6.54. The van der Waals surface area contributed by atoms with Crippen molar-refractivity contribution in [1.29, 1.82) is 0 Å². The fourth-order valence-electron chi connectivity index (χ4n) is 2.27. The monoisotopic (exact) mass is 333 g/mol. The second-order valence-electron chi connectivity index (χ2n) is 5.12. The summed E-state index contributed by atoms with van der Waals surface area (Å²) in [6.45, 7) is 3.72. The maximum Gasteiger partial charge on any atom is 0.0596 e. The van der Waals surface area contributed by atoms with Gasteiger partial charge in [0, 0.05) is 17.6 Å². The molecule has 3 nitrogen and oxygen atoms in total. The average molecular weight is 334 g/mol. The molecule has 2 aromatic rings. The molecule has 0 spiro atoms. The van der Waals surface area contributed by atoms with Gasteiger partial charge >= 0.3 is 0 Å². The van der Waals surface area contributed by atoms with Crippen LogP contribution >= 0.6 is 15.9 Å². The summed E-state index contributed by atoms with van der Waals surface area (Å²) in [4.78, 5) is 2.24. The van der Waals surface area contributed by atoms with Crippen molar-refractivity contribution in [2.45, 2.75) is 20.0 Å². The Labute approximate surface area is 128 Å². The molecule has 0 saturated heterocycles. The second kappa shape index (κ2) is 6.29. The molecule has 4 N–H and O–H groups in total. The smallest absolute Gasteiger partial charge is 0.0596 e. The third kappa shape index (κ3) is 3.32. The van der Waals surface area contributed by atoms with E-state index in [1.807, 2.05) is 12.1 Å². The number of rotatable bonds is 4. The van der Waals surface area contributed by atoms with Crippen molar-refractivity contribution in [2.75, 3.05) is 18.5 Å². The number of nitrogens with two attached hydrogens (primary N) is 2. The number of halogens is 1. The molecule has 2 aromatic carbocycles. The normalized spacial score (nSPS) is 11.0. The molecule has 0 aliphatic carbocycles. The molecule has 20 heavy (non-hydrogen) atoms. The highest BCUT2D eigenvalue weighted by molar-refractivity contribution is 9.10. The molecule has 4 heteroatoms. The zero-order valence-electron chi connectivity index (χ0n) is 11.9. The number of hydrogen-bond acceptors (Lipinski definition) is 3. The SMILES string of the molecule is Cc1c(Br)cc(N)c(N)c1CN(C)Cc1ccccc1. The van der Waals surface area contributed by atoms with Gasteiger partial charge in [0.05, 0.1) is 11.4 Å². The summed E-state index contributed by atoms with van der Waals surface area (Å²) < 4.78 is 1.01. The largest absolute Gasteiger partial charge is 0.397 e. The van der Waals surface area contributed by atoms with E-state index in [4.69, 9.17) is 11.5 Å². The van der Waals surface area contributed by atoms with Gasteiger partial charge in [-0.15, -0.1) is 0 Å². The zero-order valence-corrected chi connectivity index (χ0v) is 13.4. The van der Waals surface area contributed by atoms with E-state index in [1.54, 1.807) is 0 Å². The lowest BCUT2D eigenvalue weighted by Gasteiger charge is -2.21. The summed E-state index contributed by atoms with van der Waals surface area (Å²) in [7, 11) is 2.09. The van der Waals surface area contributed by atoms with Gasteiger partial charge in [0.1, 0.15) is 0 Å². The van der Waals surface area contributed by atoms with E-state index in [-0.39, 0.29) is 0 Å². The van der Waals surface area contributed by atoms with Crippen molar-refractivity contribution in [1.82, 2.24) is 4.90 Å². The molecule has 0 radical (unpaired) electrons. The van der Waals surface area contributed by atoms with Crippen LogP contribution in [0.3, 0.4) is 0 Å². The Hall–Kier alpha value is -1.52. The molecule has 0 unspecified atom stereocenters. The van der Waals surface area contributed by atoms with Gasteiger partial charge in [-0.05, 0) is 36.7 Å². The lowest BCUT2D eigenvalue weighted by Crippen LogP contribution is -2.19. The molecule has 0 saturated carbocycles. The van der Waals surface area contributed by atoms with Crippen molar-refractivity contribution < 1.29 is 0 Å². The van der Waals surface area contributed by atoms with E-state index in [2.05, 4.69) is 59.1 Å². The standard InChI is InChI=1S/C16H20BrN3/c1-11-13(16(19)15(18)8-14(11)17)10-20(2)9-12-6-4-3-5-7-12/h3-8H,9-10,18-19H2,1-2H3. The van der Waals surface area contributed by atoms with Crippen molar-refractivity contribution in [2.24, 2.45) is 0 Å². The van der Waals surface area contributed by atoms with Gasteiger partial charge in [-0.1, -0.05) is 46.3 Å². The first-order valence-corrected chi connectivity index (χ1v) is 7.33. The summed E-state index contributed by atoms with van der Waals surface area (Å²) in [6, 6.07) is 12.3. The molecule has 0 fully saturated rings. The van der Waals surface area contributed by atoms with Crippen LogP contribution in [-0.4, -0.2) is 11.9 Å². The Morgan fingerprint density at radius 2 is 1.75 bits per heavy atom. The Morgan fingerprint density at radius 3 is 2.40 bits per heavy atom. The van der Waals surface area contributed by atoms with E-state index in [9.17, 15) is 0 Å². The minimum atomic E-state index is 0.630. The third-order valence-corrected chi connectivity index (χ3v) is 4.28. The lowest BCUT2D eigenvalue weighted by molar-refractivity contribution is 0.319. The van der Waals surface area contributed by atoms with Crippen LogP contribution in [0.2, 0.25) is 0 Å². The number of benzene rings is 2. The highest BCUT2D eigenvalue weighted by Crippen LogP contribution is 2.31. The lowest BCUT2D eigenvalue weighted by atomic mass is 10.0. The van der Waals surface area contributed by atoms with Crippen LogP contribution in [0, 0.1) is 6.92 Å². The molecule has 0 atom stereocenters. The fourth-order valence-corrected chi connectivity index (χ4v) is 2.75. The predicted molar refractivity (Wildman–Crippen MR) is 89.3 cm³/mol. The summed E-state index contributed by atoms with van der Waals surface area (Å²) >= 11 is 3.53. The van der Waals surface area contributed by atoms with Crippen molar-refractivity contribution in [3.05, 3.63) is 57.6 Å². The predicted octanol–water partition coefficient (Wildman–Crippen LogP) is 3.55. The Bertz CT molecular complexity index is 570. The minimum absolute atomic E-state index is 0.630. The van der Waals surface area contributed by atoms with Crippen LogP contribution < -0.4 is 11.5 Å². The molecule has 0 aliphatic rings. The number of hydrogen-bond donors (Lipinski definition) is 2. The van der Waals surface area contributed by atoms with Crippen LogP contribution in [0.25, 0.3) is 0 Å². The van der Waals surface area contributed by atoms with Gasteiger partial charge < -0.3 is 11.5 Å². The second-order valence-corrected chi connectivity index (χ2v) is 5.98. The van der Waals surface area contributed by atoms with E-state index in [0.717, 1.165) is 28.7 Å². The number of nitrogens with zero attached hydrogens (tertiary/aromatic N) is 1. The number of nitrogen functional groups attached to an aromatic ring is 2. The molecule has 0 amide bonds. The van der Waals surface area contributed by atoms with Crippen molar-refractivity contribution >= 4 is 27.3 Å². The molecule has 0 aliphatic heterocycles. The molecule has 2 rings (SSSR count). The summed E-state index contributed by atoms with van der Waals surface area (Å²) in [6.07, 6.45) is 0. The van der Waals surface area contributed by atoms with Gasteiger partial charge in [0.15, 0.2) is 0 Å². The molecule has 0 heterocycles. The quantitative estimate of drug-likeness (QED) is 0.841. The molecular weight excluding hydrogens is 314 g/mol. The maximum atomic E-state index is 6.12. The molecule has 0 aromatic heterocycles. The fraction of sp³-hybridized carbons (Fsp3) is 0.250. The zero-order chi connectivity index (χ0) is 14.7. The van der Waals surface area contributed by atoms with Gasteiger partial charge in [0.25, 0.3) is 0 Å². The highest BCUT2D eigenvalue weighted by Gasteiger charge is 2.12. The van der Waals surface area contributed by atoms with Crippen molar-refractivity contribution in [3.8, 4) is 0 Å². The van der Waals surface area contributed by atoms with Gasteiger partial charge in [-0.3, -0.25) is 4.90 Å². The van der Waals surface area contributed by atoms with E-state index < -0.39 is 0 Å². The highest BCUT2D eigenvalue weighted by atomic mass is 79.9. The molecule has 106 valence electrons. The van der Waals surface area contributed by atoms with Gasteiger partial charge in [0.2, 0.25) is 0 Å². The van der Waals surface area contributed by atoms with Crippen LogP contribution in [0.4, 0.5) is 11.4 Å². The molecular formula is C16H20BrN3. The van der Waals surface area contributed by atoms with E-state index in [1.165, 1.54) is 5.56 Å². The molecule has 0 bridgehead atoms. The van der Waals surface area contributed by atoms with Gasteiger partial charge in [-0.25, -0.2) is 0 Å². The van der Waals surface area contributed by atoms with Gasteiger partial charge in [-0.2, -0.15) is 0 Å². The van der Waals surface area contributed by atoms with E-state index in [0.29, 0.717) is 11.4 Å². The first kappa shape index (κ1) is 14.9. The Kier molecular flexibility index (Phi) is 4.68. The minimum Gasteiger partial charge on any atom is -0.397 e. The Morgan fingerprint density at radius 1 is 1.10 bits per heavy atom. The third-order valence-electron chi connectivity index (χ3n) is 3.45. The average Bonchev–Trinajstić information content (AvgIpc) is 2.42. The van der Waals surface area contributed by atoms with Crippen LogP contribution in [0.5, 0.6) is 0 Å².